The molecule has 1 aliphatic heterocycles. The van der Waals surface area contributed by atoms with Crippen molar-refractivity contribution in [3.05, 3.63) is 64.7 Å². The van der Waals surface area contributed by atoms with E-state index in [1.54, 1.807) is 12.1 Å². The highest BCUT2D eigenvalue weighted by molar-refractivity contribution is 5.63. The minimum absolute atomic E-state index is 0.168. The van der Waals surface area contributed by atoms with Gasteiger partial charge in [-0.05, 0) is 18.2 Å². The number of nitrogens with zero attached hydrogens (tertiary/aromatic N) is 2. The molecule has 2 aromatic rings. The zero-order valence-electron chi connectivity index (χ0n) is 12.2. The highest BCUT2D eigenvalue weighted by Gasteiger charge is 2.25. The molecule has 1 fully saturated rings. The lowest BCUT2D eigenvalue weighted by atomic mass is 10.1. The fraction of sp³-hybridized carbons (Fsp3) is 0.294. The van der Waals surface area contributed by atoms with E-state index >= 15 is 0 Å². The lowest BCUT2D eigenvalue weighted by Gasteiger charge is -2.33. The van der Waals surface area contributed by atoms with Gasteiger partial charge in [-0.2, -0.15) is 0 Å². The monoisotopic (exact) mass is 298 g/mol. The Morgan fingerprint density at radius 2 is 1.64 bits per heavy atom. The summed E-state index contributed by atoms with van der Waals surface area (Å²) in [5, 5.41) is 11.1. The second kappa shape index (κ2) is 6.47. The van der Waals surface area contributed by atoms with E-state index in [2.05, 4.69) is 4.90 Å². The van der Waals surface area contributed by atoms with E-state index in [1.165, 1.54) is 0 Å². The SMILES string of the molecule is O=[N+]([O-])c1ccccc1N1CCC(Oc2ccccc2)CC1. The summed E-state index contributed by atoms with van der Waals surface area (Å²) >= 11 is 0. The lowest BCUT2D eigenvalue weighted by Crippen LogP contribution is -2.38. The Morgan fingerprint density at radius 1 is 1.00 bits per heavy atom. The highest BCUT2D eigenvalue weighted by atomic mass is 16.6. The lowest BCUT2D eigenvalue weighted by molar-refractivity contribution is -0.384. The molecule has 0 radical (unpaired) electrons. The predicted molar refractivity (Wildman–Crippen MR) is 85.4 cm³/mol. The van der Waals surface area contributed by atoms with Crippen LogP contribution in [0.5, 0.6) is 5.75 Å². The average Bonchev–Trinajstić information content (AvgIpc) is 2.56. The molecule has 22 heavy (non-hydrogen) atoms. The first-order valence-corrected chi connectivity index (χ1v) is 7.44. The smallest absolute Gasteiger partial charge is 0.292 e. The first kappa shape index (κ1) is 14.4. The van der Waals surface area contributed by atoms with Crippen LogP contribution in [0.3, 0.4) is 0 Å². The fourth-order valence-electron chi connectivity index (χ4n) is 2.79. The van der Waals surface area contributed by atoms with Gasteiger partial charge >= 0.3 is 0 Å². The summed E-state index contributed by atoms with van der Waals surface area (Å²) in [5.74, 6) is 0.881. The summed E-state index contributed by atoms with van der Waals surface area (Å²) in [5.41, 5.74) is 0.871. The van der Waals surface area contributed by atoms with Gasteiger partial charge in [-0.25, -0.2) is 0 Å². The molecule has 5 heteroatoms. The molecular weight excluding hydrogens is 280 g/mol. The fourth-order valence-corrected chi connectivity index (χ4v) is 2.79. The number of rotatable bonds is 4. The standard InChI is InChI=1S/C17H18N2O3/c20-19(21)17-9-5-4-8-16(17)18-12-10-15(11-13-18)22-14-6-2-1-3-7-14/h1-9,15H,10-13H2. The van der Waals surface area contributed by atoms with Crippen LogP contribution in [-0.2, 0) is 0 Å². The van der Waals surface area contributed by atoms with Crippen LogP contribution >= 0.6 is 0 Å². The summed E-state index contributed by atoms with van der Waals surface area (Å²) in [6.45, 7) is 1.53. The van der Waals surface area contributed by atoms with Gasteiger partial charge in [0.05, 0.1) is 4.92 Å². The Labute approximate surface area is 129 Å². The quantitative estimate of drug-likeness (QED) is 0.638. The molecule has 2 aromatic carbocycles. The van der Waals surface area contributed by atoms with Crippen LogP contribution in [0.1, 0.15) is 12.8 Å². The number of nitro benzene ring substituents is 1. The molecule has 0 unspecified atom stereocenters. The van der Waals surface area contributed by atoms with E-state index < -0.39 is 0 Å². The Kier molecular flexibility index (Phi) is 4.23. The second-order valence-electron chi connectivity index (χ2n) is 5.36. The van der Waals surface area contributed by atoms with E-state index in [4.69, 9.17) is 4.74 Å². The van der Waals surface area contributed by atoms with E-state index in [9.17, 15) is 10.1 Å². The maximum Gasteiger partial charge on any atom is 0.292 e. The molecule has 1 saturated heterocycles. The molecule has 3 rings (SSSR count). The largest absolute Gasteiger partial charge is 0.490 e. The Balaban J connectivity index is 1.64. The van der Waals surface area contributed by atoms with Crippen molar-refractivity contribution in [2.45, 2.75) is 18.9 Å². The third kappa shape index (κ3) is 3.19. The van der Waals surface area contributed by atoms with Crippen molar-refractivity contribution >= 4 is 11.4 Å². The topological polar surface area (TPSA) is 55.6 Å². The number of benzene rings is 2. The molecule has 0 atom stereocenters. The number of nitro groups is 1. The Morgan fingerprint density at radius 3 is 2.32 bits per heavy atom. The van der Waals surface area contributed by atoms with Crippen LogP contribution in [0.4, 0.5) is 11.4 Å². The predicted octanol–water partition coefficient (Wildman–Crippen LogP) is 3.64. The summed E-state index contributed by atoms with van der Waals surface area (Å²) in [6, 6.07) is 16.7. The van der Waals surface area contributed by atoms with Crippen molar-refractivity contribution in [1.82, 2.24) is 0 Å². The minimum atomic E-state index is -0.318. The van der Waals surface area contributed by atoms with E-state index in [-0.39, 0.29) is 16.7 Å². The summed E-state index contributed by atoms with van der Waals surface area (Å²) in [7, 11) is 0. The van der Waals surface area contributed by atoms with Gasteiger partial charge in [0.1, 0.15) is 17.5 Å². The molecular formula is C17H18N2O3. The van der Waals surface area contributed by atoms with Gasteiger partial charge in [0, 0.05) is 32.0 Å². The van der Waals surface area contributed by atoms with Crippen molar-refractivity contribution < 1.29 is 9.66 Å². The van der Waals surface area contributed by atoms with Crippen LogP contribution in [0.25, 0.3) is 0 Å². The van der Waals surface area contributed by atoms with Gasteiger partial charge in [0.15, 0.2) is 0 Å². The summed E-state index contributed by atoms with van der Waals surface area (Å²) < 4.78 is 5.96. The number of anilines is 1. The van der Waals surface area contributed by atoms with E-state index in [1.807, 2.05) is 42.5 Å². The first-order chi connectivity index (χ1) is 10.7. The molecule has 1 heterocycles. The third-order valence-corrected chi connectivity index (χ3v) is 3.91. The van der Waals surface area contributed by atoms with Gasteiger partial charge in [0.25, 0.3) is 5.69 Å². The van der Waals surface area contributed by atoms with Crippen LogP contribution in [0.2, 0.25) is 0 Å². The molecule has 0 N–H and O–H groups in total. The number of piperidine rings is 1. The molecule has 114 valence electrons. The van der Waals surface area contributed by atoms with Crippen molar-refractivity contribution in [2.75, 3.05) is 18.0 Å². The molecule has 0 bridgehead atoms. The normalized spacial score (nSPS) is 15.5. The number of para-hydroxylation sites is 3. The highest BCUT2D eigenvalue weighted by Crippen LogP contribution is 2.30. The molecule has 0 aliphatic carbocycles. The van der Waals surface area contributed by atoms with Gasteiger partial charge in [-0.3, -0.25) is 10.1 Å². The van der Waals surface area contributed by atoms with Crippen LogP contribution in [0.15, 0.2) is 54.6 Å². The molecule has 0 aromatic heterocycles. The maximum atomic E-state index is 11.1. The molecule has 0 saturated carbocycles. The zero-order valence-corrected chi connectivity index (χ0v) is 12.2. The summed E-state index contributed by atoms with van der Waals surface area (Å²) in [4.78, 5) is 12.9. The van der Waals surface area contributed by atoms with E-state index in [0.717, 1.165) is 31.7 Å². The van der Waals surface area contributed by atoms with Crippen molar-refractivity contribution in [3.63, 3.8) is 0 Å². The Hall–Kier alpha value is -2.56. The maximum absolute atomic E-state index is 11.1. The number of hydrogen-bond donors (Lipinski definition) is 0. The summed E-state index contributed by atoms with van der Waals surface area (Å²) in [6.07, 6.45) is 1.89. The second-order valence-corrected chi connectivity index (χ2v) is 5.36. The number of ether oxygens (including phenoxy) is 1. The first-order valence-electron chi connectivity index (χ1n) is 7.44. The van der Waals surface area contributed by atoms with Crippen molar-refractivity contribution in [1.29, 1.82) is 0 Å². The van der Waals surface area contributed by atoms with Crippen LogP contribution < -0.4 is 9.64 Å². The van der Waals surface area contributed by atoms with E-state index in [0.29, 0.717) is 5.69 Å². The van der Waals surface area contributed by atoms with Crippen LogP contribution in [-0.4, -0.2) is 24.1 Å². The number of hydrogen-bond acceptors (Lipinski definition) is 4. The van der Waals surface area contributed by atoms with Gasteiger partial charge < -0.3 is 9.64 Å². The van der Waals surface area contributed by atoms with Gasteiger partial charge in [-0.15, -0.1) is 0 Å². The Bertz CT molecular complexity index is 637. The van der Waals surface area contributed by atoms with Gasteiger partial charge in [0.2, 0.25) is 0 Å². The van der Waals surface area contributed by atoms with Crippen LogP contribution in [0, 0.1) is 10.1 Å². The molecule has 0 spiro atoms. The third-order valence-electron chi connectivity index (χ3n) is 3.91. The molecule has 1 aliphatic rings. The minimum Gasteiger partial charge on any atom is -0.490 e. The molecule has 5 nitrogen and oxygen atoms in total. The zero-order chi connectivity index (χ0) is 15.4. The van der Waals surface area contributed by atoms with Crippen molar-refractivity contribution in [2.24, 2.45) is 0 Å². The average molecular weight is 298 g/mol. The van der Waals surface area contributed by atoms with Gasteiger partial charge in [-0.1, -0.05) is 30.3 Å². The molecule has 0 amide bonds. The van der Waals surface area contributed by atoms with Crippen molar-refractivity contribution in [3.8, 4) is 5.75 Å².